The normalized spacial score (nSPS) is 13.5. The van der Waals surface area contributed by atoms with Crippen LogP contribution in [0.4, 0.5) is 18.9 Å². The quantitative estimate of drug-likeness (QED) is 0.164. The predicted molar refractivity (Wildman–Crippen MR) is 165 cm³/mol. The number of hydrogen-bond donors (Lipinski definition) is 0. The van der Waals surface area contributed by atoms with Crippen molar-refractivity contribution in [2.75, 3.05) is 30.6 Å². The maximum atomic E-state index is 13.9. The standard InChI is InChI=1S/C33H34F3N3O6S/c1-3-43-31(40)22-38(46(41,42)39-19-6-8-25-7-4-5-9-30(25)39)21-24-10-16-28(17-11-24)44-20-18-29-23(2)45-32(37-29)26-12-14-27(15-13-26)33(34,35)36/h4-5,7,9-17H,3,6,8,18-22H2,1-2H3. The van der Waals surface area contributed by atoms with Crippen LogP contribution >= 0.6 is 0 Å². The van der Waals surface area contributed by atoms with Crippen molar-refractivity contribution < 1.29 is 40.3 Å². The predicted octanol–water partition coefficient (Wildman–Crippen LogP) is 6.35. The third-order valence-electron chi connectivity index (χ3n) is 7.52. The first kappa shape index (κ1) is 33.0. The highest BCUT2D eigenvalue weighted by molar-refractivity contribution is 7.90. The van der Waals surface area contributed by atoms with Gasteiger partial charge in [0.05, 0.1) is 30.2 Å². The van der Waals surface area contributed by atoms with Crippen LogP contribution in [0.15, 0.2) is 77.2 Å². The summed E-state index contributed by atoms with van der Waals surface area (Å²) in [4.78, 5) is 16.9. The van der Waals surface area contributed by atoms with Crippen molar-refractivity contribution in [2.45, 2.75) is 45.8 Å². The van der Waals surface area contributed by atoms with E-state index in [9.17, 15) is 26.4 Å². The average Bonchev–Trinajstić information content (AvgIpc) is 3.41. The number of carbonyl (C=O) groups excluding carboxylic acids is 1. The van der Waals surface area contributed by atoms with E-state index in [1.54, 1.807) is 50.2 Å². The number of anilines is 1. The second-order valence-electron chi connectivity index (χ2n) is 10.7. The highest BCUT2D eigenvalue weighted by Gasteiger charge is 2.34. The number of alkyl halides is 3. The maximum Gasteiger partial charge on any atom is 0.416 e. The van der Waals surface area contributed by atoms with Crippen molar-refractivity contribution in [1.29, 1.82) is 0 Å². The Hall–Kier alpha value is -4.36. The molecule has 2 heterocycles. The van der Waals surface area contributed by atoms with E-state index in [-0.39, 0.29) is 25.6 Å². The summed E-state index contributed by atoms with van der Waals surface area (Å²) in [5.74, 6) is 0.660. The molecule has 5 rings (SSSR count). The number of halogens is 3. The van der Waals surface area contributed by atoms with E-state index < -0.39 is 34.5 Å². The largest absolute Gasteiger partial charge is 0.493 e. The van der Waals surface area contributed by atoms with Gasteiger partial charge >= 0.3 is 22.4 Å². The molecule has 1 aromatic heterocycles. The summed E-state index contributed by atoms with van der Waals surface area (Å²) >= 11 is 0. The lowest BCUT2D eigenvalue weighted by Crippen LogP contribution is -2.47. The van der Waals surface area contributed by atoms with Gasteiger partial charge in [-0.05, 0) is 80.3 Å². The molecule has 0 radical (unpaired) electrons. The summed E-state index contributed by atoms with van der Waals surface area (Å²) < 4.78 is 85.5. The lowest BCUT2D eigenvalue weighted by molar-refractivity contribution is -0.143. The second-order valence-corrected chi connectivity index (χ2v) is 12.6. The van der Waals surface area contributed by atoms with Gasteiger partial charge in [-0.15, -0.1) is 0 Å². The van der Waals surface area contributed by atoms with Gasteiger partial charge in [-0.3, -0.25) is 9.10 Å². The summed E-state index contributed by atoms with van der Waals surface area (Å²) in [5, 5.41) is 0. The van der Waals surface area contributed by atoms with Gasteiger partial charge in [0.25, 0.3) is 0 Å². The van der Waals surface area contributed by atoms with E-state index in [2.05, 4.69) is 4.98 Å². The van der Waals surface area contributed by atoms with Crippen LogP contribution in [0, 0.1) is 6.92 Å². The summed E-state index contributed by atoms with van der Waals surface area (Å²) in [5.41, 5.74) is 2.50. The number of esters is 1. The molecular formula is C33H34F3N3O6S. The first-order valence-electron chi connectivity index (χ1n) is 14.8. The van der Waals surface area contributed by atoms with Crippen molar-refractivity contribution in [3.8, 4) is 17.2 Å². The molecule has 0 saturated heterocycles. The third kappa shape index (κ3) is 7.71. The van der Waals surface area contributed by atoms with E-state index >= 15 is 0 Å². The van der Waals surface area contributed by atoms with E-state index in [4.69, 9.17) is 13.9 Å². The number of rotatable bonds is 12. The van der Waals surface area contributed by atoms with Crippen LogP contribution in [0.25, 0.3) is 11.5 Å². The number of aryl methyl sites for hydroxylation is 2. The molecule has 0 amide bonds. The molecule has 9 nitrogen and oxygen atoms in total. The van der Waals surface area contributed by atoms with Gasteiger partial charge < -0.3 is 13.9 Å². The van der Waals surface area contributed by atoms with Gasteiger partial charge in [-0.2, -0.15) is 25.9 Å². The van der Waals surface area contributed by atoms with E-state index in [1.807, 2.05) is 12.1 Å². The number of carbonyl (C=O) groups is 1. The monoisotopic (exact) mass is 657 g/mol. The Labute approximate surface area is 265 Å². The van der Waals surface area contributed by atoms with E-state index in [1.165, 1.54) is 16.4 Å². The van der Waals surface area contributed by atoms with Crippen LogP contribution in [0.5, 0.6) is 5.75 Å². The van der Waals surface area contributed by atoms with Gasteiger partial charge in [0.2, 0.25) is 5.89 Å². The van der Waals surface area contributed by atoms with Crippen LogP contribution in [0.1, 0.15) is 41.5 Å². The zero-order chi connectivity index (χ0) is 32.9. The number of nitrogens with zero attached hydrogens (tertiary/aromatic N) is 3. The molecule has 0 saturated carbocycles. The summed E-state index contributed by atoms with van der Waals surface area (Å²) in [6.45, 7) is 3.60. The highest BCUT2D eigenvalue weighted by Crippen LogP contribution is 2.32. The van der Waals surface area contributed by atoms with Gasteiger partial charge in [0.15, 0.2) is 0 Å². The third-order valence-corrected chi connectivity index (χ3v) is 9.37. The zero-order valence-corrected chi connectivity index (χ0v) is 26.2. The molecule has 13 heteroatoms. The fourth-order valence-electron chi connectivity index (χ4n) is 5.19. The average molecular weight is 658 g/mol. The minimum absolute atomic E-state index is 0.0506. The molecule has 0 bridgehead atoms. The van der Waals surface area contributed by atoms with Crippen molar-refractivity contribution in [1.82, 2.24) is 9.29 Å². The number of aromatic nitrogens is 1. The number of fused-ring (bicyclic) bond motifs is 1. The fraction of sp³-hybridized carbons (Fsp3) is 0.333. The summed E-state index contributed by atoms with van der Waals surface area (Å²) in [6, 6.07) is 18.9. The van der Waals surface area contributed by atoms with Crippen LogP contribution < -0.4 is 9.04 Å². The van der Waals surface area contributed by atoms with Crippen molar-refractivity contribution in [2.24, 2.45) is 0 Å². The smallest absolute Gasteiger partial charge is 0.416 e. The Morgan fingerprint density at radius 3 is 2.46 bits per heavy atom. The minimum atomic E-state index is -4.43. The van der Waals surface area contributed by atoms with Crippen LogP contribution in [-0.2, 0) is 45.3 Å². The topological polar surface area (TPSA) is 102 Å². The summed E-state index contributed by atoms with van der Waals surface area (Å²) in [7, 11) is -4.07. The van der Waals surface area contributed by atoms with Crippen LogP contribution in [-0.4, -0.2) is 50.0 Å². The van der Waals surface area contributed by atoms with Gasteiger partial charge in [0.1, 0.15) is 18.1 Å². The molecule has 0 aliphatic carbocycles. The summed E-state index contributed by atoms with van der Waals surface area (Å²) in [6.07, 6.45) is -2.59. The Morgan fingerprint density at radius 1 is 1.04 bits per heavy atom. The van der Waals surface area contributed by atoms with Crippen molar-refractivity contribution in [3.63, 3.8) is 0 Å². The van der Waals surface area contributed by atoms with Crippen molar-refractivity contribution in [3.05, 3.63) is 101 Å². The molecule has 0 fully saturated rings. The first-order chi connectivity index (χ1) is 22.0. The minimum Gasteiger partial charge on any atom is -0.493 e. The number of ether oxygens (including phenoxy) is 2. The molecule has 0 N–H and O–H groups in total. The molecule has 1 aliphatic heterocycles. The number of para-hydroxylation sites is 1. The Balaban J connectivity index is 1.23. The Kier molecular flexibility index (Phi) is 10.0. The lowest BCUT2D eigenvalue weighted by Gasteiger charge is -2.34. The highest BCUT2D eigenvalue weighted by atomic mass is 32.2. The second kappa shape index (κ2) is 14.0. The van der Waals surface area contributed by atoms with Gasteiger partial charge in [-0.1, -0.05) is 30.3 Å². The van der Waals surface area contributed by atoms with Crippen LogP contribution in [0.2, 0.25) is 0 Å². The molecule has 3 aromatic carbocycles. The number of oxazole rings is 1. The van der Waals surface area contributed by atoms with Crippen LogP contribution in [0.3, 0.4) is 0 Å². The molecule has 244 valence electrons. The molecule has 0 atom stereocenters. The molecule has 0 spiro atoms. The fourth-order valence-corrected chi connectivity index (χ4v) is 6.84. The maximum absolute atomic E-state index is 13.9. The SMILES string of the molecule is CCOC(=O)CN(Cc1ccc(OCCc2nc(-c3ccc(C(F)(F)F)cc3)oc2C)cc1)S(=O)(=O)N1CCCc2ccccc21. The molecule has 46 heavy (non-hydrogen) atoms. The number of hydrogen-bond acceptors (Lipinski definition) is 7. The molecule has 1 aliphatic rings. The number of benzene rings is 3. The zero-order valence-electron chi connectivity index (χ0n) is 25.4. The lowest BCUT2D eigenvalue weighted by atomic mass is 10.0. The van der Waals surface area contributed by atoms with Crippen molar-refractivity contribution >= 4 is 21.9 Å². The molecule has 4 aromatic rings. The van der Waals surface area contributed by atoms with Gasteiger partial charge in [-0.25, -0.2) is 4.98 Å². The molecular weight excluding hydrogens is 623 g/mol. The first-order valence-corrected chi connectivity index (χ1v) is 16.2. The Bertz CT molecular complexity index is 1760. The van der Waals surface area contributed by atoms with Gasteiger partial charge in [0, 0.05) is 25.1 Å². The van der Waals surface area contributed by atoms with E-state index in [0.717, 1.165) is 28.4 Å². The van der Waals surface area contributed by atoms with E-state index in [0.29, 0.717) is 53.4 Å². The molecule has 0 unspecified atom stereocenters. The Morgan fingerprint density at radius 2 is 1.76 bits per heavy atom.